The number of anilines is 1. The topological polar surface area (TPSA) is 90.1 Å². The summed E-state index contributed by atoms with van der Waals surface area (Å²) in [5.74, 6) is 1.58. The molecule has 2 rings (SSSR count). The third kappa shape index (κ3) is 2.63. The average molecular weight is 258 g/mol. The molecular weight excluding hydrogens is 244 g/mol. The predicted octanol–water partition coefficient (Wildman–Crippen LogP) is 0.651. The lowest BCUT2D eigenvalue weighted by Crippen LogP contribution is -2.30. The fourth-order valence-electron chi connectivity index (χ4n) is 1.85. The molecule has 1 aromatic rings. The maximum atomic E-state index is 11.2. The van der Waals surface area contributed by atoms with Crippen molar-refractivity contribution >= 4 is 22.4 Å². The Labute approximate surface area is 101 Å². The average Bonchev–Trinajstić information content (AvgIpc) is 2.64. The van der Waals surface area contributed by atoms with E-state index in [0.29, 0.717) is 17.3 Å². The second-order valence-electron chi connectivity index (χ2n) is 4.05. The van der Waals surface area contributed by atoms with E-state index in [1.165, 1.54) is 6.33 Å². The molecule has 1 N–H and O–H groups in total. The fraction of sp³-hybridized carbons (Fsp3) is 0.667. The molecule has 0 bridgehead atoms. The Morgan fingerprint density at radius 1 is 1.59 bits per heavy atom. The van der Waals surface area contributed by atoms with Gasteiger partial charge in [-0.3, -0.25) is 8.78 Å². The Hall–Kier alpha value is -1.44. The van der Waals surface area contributed by atoms with Gasteiger partial charge in [-0.15, -0.1) is 0 Å². The highest BCUT2D eigenvalue weighted by atomic mass is 32.2. The smallest absolute Gasteiger partial charge is 0.361 e. The first-order valence-corrected chi connectivity index (χ1v) is 6.84. The zero-order valence-corrected chi connectivity index (χ0v) is 10.3. The third-order valence-electron chi connectivity index (χ3n) is 2.82. The van der Waals surface area contributed by atoms with Crippen LogP contribution in [0.1, 0.15) is 12.8 Å². The summed E-state index contributed by atoms with van der Waals surface area (Å²) in [5, 5.41) is 13.9. The SMILES string of the molecule is Cn1cnc([N+](=O)[O-])c1NC1CCS(=O)CC1. The molecule has 94 valence electrons. The van der Waals surface area contributed by atoms with Crippen molar-refractivity contribution in [3.8, 4) is 0 Å². The maximum absolute atomic E-state index is 11.2. The quantitative estimate of drug-likeness (QED) is 0.635. The minimum atomic E-state index is -0.725. The van der Waals surface area contributed by atoms with E-state index in [4.69, 9.17) is 0 Å². The van der Waals surface area contributed by atoms with Gasteiger partial charge in [0.15, 0.2) is 0 Å². The monoisotopic (exact) mass is 258 g/mol. The molecule has 0 saturated carbocycles. The minimum Gasteiger partial charge on any atom is -0.361 e. The van der Waals surface area contributed by atoms with Crippen LogP contribution >= 0.6 is 0 Å². The molecule has 1 saturated heterocycles. The van der Waals surface area contributed by atoms with Crippen LogP contribution in [-0.4, -0.2) is 36.2 Å². The summed E-state index contributed by atoms with van der Waals surface area (Å²) in [7, 11) is 0.987. The van der Waals surface area contributed by atoms with Crippen molar-refractivity contribution in [3.05, 3.63) is 16.4 Å². The van der Waals surface area contributed by atoms with Gasteiger partial charge in [0.25, 0.3) is 0 Å². The standard InChI is InChI=1S/C9H14N4O3S/c1-12-6-10-8(13(14)15)9(12)11-7-2-4-17(16)5-3-7/h6-7,11H,2-5H2,1H3. The van der Waals surface area contributed by atoms with Crippen molar-refractivity contribution in [1.29, 1.82) is 0 Å². The van der Waals surface area contributed by atoms with E-state index < -0.39 is 15.7 Å². The zero-order chi connectivity index (χ0) is 12.4. The molecule has 2 heterocycles. The van der Waals surface area contributed by atoms with Crippen molar-refractivity contribution in [1.82, 2.24) is 9.55 Å². The number of rotatable bonds is 3. The van der Waals surface area contributed by atoms with Gasteiger partial charge >= 0.3 is 5.82 Å². The second kappa shape index (κ2) is 4.82. The van der Waals surface area contributed by atoms with Gasteiger partial charge in [-0.05, 0) is 22.7 Å². The van der Waals surface area contributed by atoms with Crippen molar-refractivity contribution in [2.24, 2.45) is 7.05 Å². The molecular formula is C9H14N4O3S. The first-order valence-electron chi connectivity index (χ1n) is 5.35. The van der Waals surface area contributed by atoms with E-state index in [0.717, 1.165) is 12.8 Å². The molecule has 1 fully saturated rings. The van der Waals surface area contributed by atoms with E-state index in [1.807, 2.05) is 0 Å². The Kier molecular flexibility index (Phi) is 3.41. The summed E-state index contributed by atoms with van der Waals surface area (Å²) < 4.78 is 12.8. The molecule has 0 atom stereocenters. The van der Waals surface area contributed by atoms with E-state index in [1.54, 1.807) is 11.6 Å². The van der Waals surface area contributed by atoms with E-state index in [2.05, 4.69) is 10.3 Å². The summed E-state index contributed by atoms with van der Waals surface area (Å²) in [6, 6.07) is 0.141. The van der Waals surface area contributed by atoms with Gasteiger partial charge in [-0.2, -0.15) is 0 Å². The number of aromatic nitrogens is 2. The maximum Gasteiger partial charge on any atom is 0.406 e. The van der Waals surface area contributed by atoms with Crippen molar-refractivity contribution in [2.45, 2.75) is 18.9 Å². The minimum absolute atomic E-state index is 0.141. The van der Waals surface area contributed by atoms with Gasteiger partial charge in [-0.25, -0.2) is 0 Å². The largest absolute Gasteiger partial charge is 0.406 e. The number of hydrogen-bond acceptors (Lipinski definition) is 5. The summed E-state index contributed by atoms with van der Waals surface area (Å²) in [6.45, 7) is 0. The van der Waals surface area contributed by atoms with E-state index in [-0.39, 0.29) is 11.9 Å². The highest BCUT2D eigenvalue weighted by Gasteiger charge is 2.24. The van der Waals surface area contributed by atoms with Crippen molar-refractivity contribution in [3.63, 3.8) is 0 Å². The highest BCUT2D eigenvalue weighted by Crippen LogP contribution is 2.24. The van der Waals surface area contributed by atoms with Gasteiger partial charge in [0.1, 0.15) is 0 Å². The van der Waals surface area contributed by atoms with Gasteiger partial charge in [0.05, 0.1) is 0 Å². The van der Waals surface area contributed by atoms with Crippen LogP contribution < -0.4 is 5.32 Å². The van der Waals surface area contributed by atoms with Crippen molar-refractivity contribution < 1.29 is 9.13 Å². The normalized spacial score (nSPS) is 24.5. The lowest BCUT2D eigenvalue weighted by Gasteiger charge is -2.22. The summed E-state index contributed by atoms with van der Waals surface area (Å²) in [4.78, 5) is 14.0. The van der Waals surface area contributed by atoms with Gasteiger partial charge in [-0.1, -0.05) is 0 Å². The van der Waals surface area contributed by atoms with Crippen LogP contribution in [0.2, 0.25) is 0 Å². The summed E-state index contributed by atoms with van der Waals surface area (Å²) in [6.07, 6.45) is 2.96. The molecule has 0 spiro atoms. The van der Waals surface area contributed by atoms with Crippen molar-refractivity contribution in [2.75, 3.05) is 16.8 Å². The first-order chi connectivity index (χ1) is 8.08. The van der Waals surface area contributed by atoms with Gasteiger partial charge in [0, 0.05) is 35.4 Å². The number of hydrogen-bond donors (Lipinski definition) is 1. The van der Waals surface area contributed by atoms with Crippen LogP contribution in [0.15, 0.2) is 6.33 Å². The van der Waals surface area contributed by atoms with Crippen LogP contribution in [-0.2, 0) is 17.8 Å². The van der Waals surface area contributed by atoms with E-state index >= 15 is 0 Å². The Morgan fingerprint density at radius 2 is 2.24 bits per heavy atom. The summed E-state index contributed by atoms with van der Waals surface area (Å²) >= 11 is 0. The number of nitrogens with one attached hydrogen (secondary N) is 1. The molecule has 1 aromatic heterocycles. The number of imidazole rings is 1. The lowest BCUT2D eigenvalue weighted by molar-refractivity contribution is -0.388. The molecule has 0 amide bonds. The van der Waals surface area contributed by atoms with Crippen LogP contribution in [0.5, 0.6) is 0 Å². The fourth-order valence-corrected chi connectivity index (χ4v) is 3.15. The first kappa shape index (κ1) is 12.0. The number of nitro groups is 1. The van der Waals surface area contributed by atoms with E-state index in [9.17, 15) is 14.3 Å². The van der Waals surface area contributed by atoms with Gasteiger partial charge < -0.3 is 15.4 Å². The molecule has 1 aliphatic rings. The molecule has 17 heavy (non-hydrogen) atoms. The predicted molar refractivity (Wildman–Crippen MR) is 64.4 cm³/mol. The van der Waals surface area contributed by atoms with Crippen LogP contribution in [0.3, 0.4) is 0 Å². The Morgan fingerprint density at radius 3 is 2.82 bits per heavy atom. The Bertz CT molecular complexity index is 449. The molecule has 0 unspecified atom stereocenters. The Balaban J connectivity index is 2.10. The molecule has 1 aliphatic heterocycles. The third-order valence-corrected chi connectivity index (χ3v) is 4.20. The molecule has 8 heteroatoms. The van der Waals surface area contributed by atoms with Crippen LogP contribution in [0.4, 0.5) is 11.6 Å². The van der Waals surface area contributed by atoms with Crippen LogP contribution in [0.25, 0.3) is 0 Å². The highest BCUT2D eigenvalue weighted by molar-refractivity contribution is 7.85. The lowest BCUT2D eigenvalue weighted by atomic mass is 10.1. The molecule has 0 aliphatic carbocycles. The number of nitrogens with zero attached hydrogens (tertiary/aromatic N) is 3. The van der Waals surface area contributed by atoms with Gasteiger partial charge in [0.2, 0.25) is 12.1 Å². The second-order valence-corrected chi connectivity index (χ2v) is 5.75. The molecule has 0 aromatic carbocycles. The zero-order valence-electron chi connectivity index (χ0n) is 9.46. The number of aryl methyl sites for hydroxylation is 1. The summed E-state index contributed by atoms with van der Waals surface area (Å²) in [5.41, 5.74) is 0. The molecule has 7 nitrogen and oxygen atoms in total. The molecule has 0 radical (unpaired) electrons. The van der Waals surface area contributed by atoms with Crippen LogP contribution in [0, 0.1) is 10.1 Å².